The summed E-state index contributed by atoms with van der Waals surface area (Å²) in [6.07, 6.45) is 1.55. The molecule has 1 saturated heterocycles. The van der Waals surface area contributed by atoms with Crippen LogP contribution in [0.1, 0.15) is 5.56 Å². The summed E-state index contributed by atoms with van der Waals surface area (Å²) in [6.45, 7) is 0. The quantitative estimate of drug-likeness (QED) is 0.369. The average Bonchev–Trinajstić information content (AvgIpc) is 2.66. The average molecular weight is 310 g/mol. The molecule has 0 spiro atoms. The van der Waals surface area contributed by atoms with Gasteiger partial charge in [0.2, 0.25) is 5.75 Å². The summed E-state index contributed by atoms with van der Waals surface area (Å²) in [5.74, 6) is -0.104. The Labute approximate surface area is 124 Å². The first-order valence-electron chi connectivity index (χ1n) is 5.48. The minimum atomic E-state index is -0.527. The number of carbonyl (C=O) groups is 1. The predicted molar refractivity (Wildman–Crippen MR) is 80.6 cm³/mol. The van der Waals surface area contributed by atoms with E-state index in [1.54, 1.807) is 25.3 Å². The Morgan fingerprint density at radius 1 is 1.50 bits per heavy atom. The summed E-state index contributed by atoms with van der Waals surface area (Å²) in [5.41, 5.74) is 0.323. The monoisotopic (exact) mass is 310 g/mol. The summed E-state index contributed by atoms with van der Waals surface area (Å²) in [5, 5.41) is 10.9. The number of likely N-dealkylation sites (N-methyl/N-ethyl adjacent to an activating group) is 1. The summed E-state index contributed by atoms with van der Waals surface area (Å²) in [4.78, 5) is 24.1. The molecule has 1 heterocycles. The Hall–Kier alpha value is -1.93. The normalized spacial score (nSPS) is 16.9. The van der Waals surface area contributed by atoms with Gasteiger partial charge in [-0.2, -0.15) is 0 Å². The molecule has 1 amide bonds. The Morgan fingerprint density at radius 3 is 2.70 bits per heavy atom. The fraction of sp³-hybridized carbons (Fsp3) is 0.167. The zero-order chi connectivity index (χ0) is 14.9. The van der Waals surface area contributed by atoms with Crippen molar-refractivity contribution in [3.63, 3.8) is 0 Å². The number of rotatable bonds is 3. The molecule has 1 aliphatic heterocycles. The van der Waals surface area contributed by atoms with Crippen LogP contribution in [0.2, 0.25) is 0 Å². The first-order chi connectivity index (χ1) is 9.45. The van der Waals surface area contributed by atoms with Crippen molar-refractivity contribution in [3.05, 3.63) is 38.8 Å². The number of amides is 1. The molecule has 20 heavy (non-hydrogen) atoms. The number of thiocarbonyl (C=S) groups is 1. The van der Waals surface area contributed by atoms with Crippen molar-refractivity contribution in [2.75, 3.05) is 14.2 Å². The van der Waals surface area contributed by atoms with E-state index in [-0.39, 0.29) is 17.3 Å². The van der Waals surface area contributed by atoms with Crippen LogP contribution in [-0.2, 0) is 4.79 Å². The molecule has 2 rings (SSSR count). The second kappa shape index (κ2) is 5.59. The van der Waals surface area contributed by atoms with Gasteiger partial charge in [0.05, 0.1) is 16.9 Å². The van der Waals surface area contributed by atoms with Crippen LogP contribution in [0.25, 0.3) is 6.08 Å². The SMILES string of the molecule is COc1c(/C=C2/SC(=S)N(C)C2=O)cccc1[N+](=O)[O-]. The van der Waals surface area contributed by atoms with Crippen LogP contribution in [-0.4, -0.2) is 34.2 Å². The molecular formula is C12H10N2O4S2. The van der Waals surface area contributed by atoms with Crippen molar-refractivity contribution in [3.8, 4) is 5.75 Å². The number of benzene rings is 1. The molecule has 8 heteroatoms. The van der Waals surface area contributed by atoms with Crippen molar-refractivity contribution >= 4 is 46.0 Å². The van der Waals surface area contributed by atoms with Crippen molar-refractivity contribution in [1.29, 1.82) is 0 Å². The first kappa shape index (κ1) is 14.5. The molecular weight excluding hydrogens is 300 g/mol. The van der Waals surface area contributed by atoms with Crippen molar-refractivity contribution in [2.24, 2.45) is 0 Å². The molecule has 0 radical (unpaired) electrons. The number of nitrogens with zero attached hydrogens (tertiary/aromatic N) is 2. The van der Waals surface area contributed by atoms with E-state index in [1.165, 1.54) is 18.1 Å². The van der Waals surface area contributed by atoms with Gasteiger partial charge < -0.3 is 4.74 Å². The molecule has 104 valence electrons. The first-order valence-corrected chi connectivity index (χ1v) is 6.71. The molecule has 0 N–H and O–H groups in total. The van der Waals surface area contributed by atoms with Crippen molar-refractivity contribution in [1.82, 2.24) is 4.90 Å². The second-order valence-corrected chi connectivity index (χ2v) is 5.57. The van der Waals surface area contributed by atoms with Crippen LogP contribution in [0.3, 0.4) is 0 Å². The molecule has 0 unspecified atom stereocenters. The Balaban J connectivity index is 2.49. The Bertz CT molecular complexity index is 642. The minimum absolute atomic E-state index is 0.124. The molecule has 0 bridgehead atoms. The fourth-order valence-electron chi connectivity index (χ4n) is 1.71. The van der Waals surface area contributed by atoms with Gasteiger partial charge in [-0.05, 0) is 6.08 Å². The van der Waals surface area contributed by atoms with Gasteiger partial charge >= 0.3 is 5.69 Å². The third-order valence-electron chi connectivity index (χ3n) is 2.70. The molecule has 0 saturated carbocycles. The van der Waals surface area contributed by atoms with E-state index < -0.39 is 4.92 Å². The van der Waals surface area contributed by atoms with Crippen molar-refractivity contribution < 1.29 is 14.5 Å². The number of nitro benzene ring substituents is 1. The van der Waals surface area contributed by atoms with Crippen molar-refractivity contribution in [2.45, 2.75) is 0 Å². The lowest BCUT2D eigenvalue weighted by Gasteiger charge is -2.06. The standard InChI is InChI=1S/C12H10N2O4S2/c1-13-11(15)9(20-12(13)19)6-7-4-3-5-8(14(16)17)10(7)18-2/h3-6H,1-2H3/b9-6+. The van der Waals surface area contributed by atoms with Crippen LogP contribution in [0.15, 0.2) is 23.1 Å². The number of carbonyl (C=O) groups excluding carboxylic acids is 1. The number of thioether (sulfide) groups is 1. The molecule has 1 aromatic rings. The van der Waals surface area contributed by atoms with Gasteiger partial charge in [-0.15, -0.1) is 0 Å². The van der Waals surface area contributed by atoms with Gasteiger partial charge in [0.25, 0.3) is 5.91 Å². The molecule has 6 nitrogen and oxygen atoms in total. The van der Waals surface area contributed by atoms with E-state index in [2.05, 4.69) is 0 Å². The highest BCUT2D eigenvalue weighted by atomic mass is 32.2. The highest BCUT2D eigenvalue weighted by Crippen LogP contribution is 2.36. The summed E-state index contributed by atoms with van der Waals surface area (Å²) < 4.78 is 5.53. The molecule has 1 aromatic carbocycles. The highest BCUT2D eigenvalue weighted by Gasteiger charge is 2.29. The van der Waals surface area contributed by atoms with Crippen LogP contribution in [0.5, 0.6) is 5.75 Å². The third-order valence-corrected chi connectivity index (χ3v) is 4.18. The molecule has 0 atom stereocenters. The largest absolute Gasteiger partial charge is 0.490 e. The Kier molecular flexibility index (Phi) is 4.05. The van der Waals surface area contributed by atoms with E-state index in [0.717, 1.165) is 11.8 Å². The van der Waals surface area contributed by atoms with E-state index in [1.807, 2.05) is 0 Å². The summed E-state index contributed by atoms with van der Waals surface area (Å²) in [7, 11) is 2.94. The number of ether oxygens (including phenoxy) is 1. The number of methoxy groups -OCH3 is 1. The van der Waals surface area contributed by atoms with Gasteiger partial charge in [-0.25, -0.2) is 0 Å². The van der Waals surface area contributed by atoms with Gasteiger partial charge in [-0.3, -0.25) is 19.8 Å². The molecule has 0 aromatic heterocycles. The maximum Gasteiger partial charge on any atom is 0.311 e. The number of hydrogen-bond donors (Lipinski definition) is 0. The molecule has 1 fully saturated rings. The zero-order valence-electron chi connectivity index (χ0n) is 10.7. The predicted octanol–water partition coefficient (Wildman–Crippen LogP) is 2.43. The number of hydrogen-bond acceptors (Lipinski definition) is 6. The smallest absolute Gasteiger partial charge is 0.311 e. The van der Waals surface area contributed by atoms with Gasteiger partial charge in [0, 0.05) is 18.7 Å². The van der Waals surface area contributed by atoms with Crippen LogP contribution >= 0.6 is 24.0 Å². The van der Waals surface area contributed by atoms with Gasteiger partial charge in [-0.1, -0.05) is 36.1 Å². The minimum Gasteiger partial charge on any atom is -0.490 e. The van der Waals surface area contributed by atoms with E-state index in [9.17, 15) is 14.9 Å². The maximum atomic E-state index is 11.9. The highest BCUT2D eigenvalue weighted by molar-refractivity contribution is 8.26. The Morgan fingerprint density at radius 2 is 2.20 bits per heavy atom. The van der Waals surface area contributed by atoms with Crippen LogP contribution in [0, 0.1) is 10.1 Å². The lowest BCUT2D eigenvalue weighted by Crippen LogP contribution is -2.22. The fourth-order valence-corrected chi connectivity index (χ4v) is 2.88. The zero-order valence-corrected chi connectivity index (χ0v) is 12.3. The number of nitro groups is 1. The van der Waals surface area contributed by atoms with E-state index >= 15 is 0 Å². The van der Waals surface area contributed by atoms with Gasteiger partial charge in [0.1, 0.15) is 4.32 Å². The molecule has 0 aliphatic carbocycles. The lowest BCUT2D eigenvalue weighted by molar-refractivity contribution is -0.385. The lowest BCUT2D eigenvalue weighted by atomic mass is 10.1. The summed E-state index contributed by atoms with van der Waals surface area (Å²) in [6, 6.07) is 4.54. The van der Waals surface area contributed by atoms with Crippen LogP contribution < -0.4 is 4.74 Å². The third kappa shape index (κ3) is 2.52. The molecule has 1 aliphatic rings. The second-order valence-electron chi connectivity index (χ2n) is 3.90. The van der Waals surface area contributed by atoms with E-state index in [4.69, 9.17) is 17.0 Å². The maximum absolute atomic E-state index is 11.9. The van der Waals surface area contributed by atoms with Crippen LogP contribution in [0.4, 0.5) is 5.69 Å². The topological polar surface area (TPSA) is 72.7 Å². The number of para-hydroxylation sites is 1. The van der Waals surface area contributed by atoms with E-state index in [0.29, 0.717) is 14.8 Å². The summed E-state index contributed by atoms with van der Waals surface area (Å²) >= 11 is 6.18. The van der Waals surface area contributed by atoms with Gasteiger partial charge in [0.15, 0.2) is 0 Å².